The van der Waals surface area contributed by atoms with Crippen LogP contribution in [0.5, 0.6) is 0 Å². The van der Waals surface area contributed by atoms with Gasteiger partial charge in [-0.3, -0.25) is 14.6 Å². The molecular weight excluding hydrogens is 405 g/mol. The van der Waals surface area contributed by atoms with Gasteiger partial charge in [0.2, 0.25) is 11.8 Å². The van der Waals surface area contributed by atoms with Gasteiger partial charge in [-0.1, -0.05) is 41.9 Å². The molecule has 0 aliphatic carbocycles. The van der Waals surface area contributed by atoms with Gasteiger partial charge in [-0.2, -0.15) is 0 Å². The van der Waals surface area contributed by atoms with Crippen molar-refractivity contribution in [2.75, 3.05) is 16.8 Å². The molecule has 0 saturated carbocycles. The first-order valence-electron chi connectivity index (χ1n) is 9.28. The van der Waals surface area contributed by atoms with Gasteiger partial charge in [0.05, 0.1) is 23.5 Å². The molecule has 30 heavy (non-hydrogen) atoms. The molecular formula is C23H17ClFN3O2. The summed E-state index contributed by atoms with van der Waals surface area (Å²) in [6.07, 6.45) is 0.0313. The van der Waals surface area contributed by atoms with E-state index in [1.54, 1.807) is 36.4 Å². The molecule has 1 heterocycles. The normalized spacial score (nSPS) is 13.3. The van der Waals surface area contributed by atoms with Gasteiger partial charge in [0, 0.05) is 10.7 Å². The minimum Gasteiger partial charge on any atom is -0.324 e. The van der Waals surface area contributed by atoms with Crippen molar-refractivity contribution in [3.05, 3.63) is 89.2 Å². The van der Waals surface area contributed by atoms with Crippen molar-refractivity contribution in [3.63, 3.8) is 0 Å². The first-order chi connectivity index (χ1) is 14.5. The Balaban J connectivity index is 1.61. The van der Waals surface area contributed by atoms with E-state index in [-0.39, 0.29) is 18.9 Å². The molecule has 1 aliphatic rings. The van der Waals surface area contributed by atoms with Crippen molar-refractivity contribution in [2.45, 2.75) is 6.42 Å². The standard InChI is InChI=1S/C23H17ClFN3O2/c24-16-10-8-15(9-11-16)20-13-23(30)28(21-7-2-1-6-19(21)27-20)14-22(29)26-18-5-3-4-17(25)12-18/h1-12H,13-14H2,(H,26,29). The molecule has 2 amide bonds. The lowest BCUT2D eigenvalue weighted by Gasteiger charge is -2.22. The quantitative estimate of drug-likeness (QED) is 0.646. The molecule has 0 spiro atoms. The summed E-state index contributed by atoms with van der Waals surface area (Å²) in [6, 6.07) is 19.8. The summed E-state index contributed by atoms with van der Waals surface area (Å²) in [6.45, 7) is -0.213. The summed E-state index contributed by atoms with van der Waals surface area (Å²) in [5.74, 6) is -1.15. The third kappa shape index (κ3) is 4.39. The molecule has 150 valence electrons. The van der Waals surface area contributed by atoms with Gasteiger partial charge < -0.3 is 10.2 Å². The van der Waals surface area contributed by atoms with Gasteiger partial charge in [0.1, 0.15) is 12.4 Å². The second-order valence-electron chi connectivity index (χ2n) is 6.77. The number of nitrogens with one attached hydrogen (secondary N) is 1. The Hall–Kier alpha value is -3.51. The summed E-state index contributed by atoms with van der Waals surface area (Å²) in [4.78, 5) is 31.7. The minimum atomic E-state index is -0.454. The van der Waals surface area contributed by atoms with Crippen molar-refractivity contribution in [3.8, 4) is 0 Å². The van der Waals surface area contributed by atoms with E-state index in [0.717, 1.165) is 5.56 Å². The summed E-state index contributed by atoms with van der Waals surface area (Å²) in [5.41, 5.74) is 2.84. The SMILES string of the molecule is O=C(CN1C(=O)CC(c2ccc(Cl)cc2)=Nc2ccccc21)Nc1cccc(F)c1. The van der Waals surface area contributed by atoms with Crippen LogP contribution in [0.1, 0.15) is 12.0 Å². The fourth-order valence-electron chi connectivity index (χ4n) is 3.24. The number of amides is 2. The van der Waals surface area contributed by atoms with E-state index in [1.165, 1.54) is 23.1 Å². The van der Waals surface area contributed by atoms with Crippen molar-refractivity contribution >= 4 is 46.2 Å². The highest BCUT2D eigenvalue weighted by Crippen LogP contribution is 2.33. The summed E-state index contributed by atoms with van der Waals surface area (Å²) in [5, 5.41) is 3.22. The molecule has 0 fully saturated rings. The van der Waals surface area contributed by atoms with Crippen molar-refractivity contribution in [2.24, 2.45) is 4.99 Å². The zero-order valence-corrected chi connectivity index (χ0v) is 16.6. The highest BCUT2D eigenvalue weighted by atomic mass is 35.5. The molecule has 0 aromatic heterocycles. The summed E-state index contributed by atoms with van der Waals surface area (Å²) >= 11 is 5.97. The van der Waals surface area contributed by atoms with Gasteiger partial charge in [-0.15, -0.1) is 0 Å². The topological polar surface area (TPSA) is 61.8 Å². The first-order valence-corrected chi connectivity index (χ1v) is 9.66. The Kier molecular flexibility index (Phi) is 5.59. The van der Waals surface area contributed by atoms with Crippen LogP contribution in [0, 0.1) is 5.82 Å². The highest BCUT2D eigenvalue weighted by molar-refractivity contribution is 6.30. The van der Waals surface area contributed by atoms with Gasteiger partial charge in [0.25, 0.3) is 0 Å². The number of halogens is 2. The Bertz CT molecular complexity index is 1150. The fraction of sp³-hybridized carbons (Fsp3) is 0.0870. The molecule has 0 saturated heterocycles. The third-order valence-corrected chi connectivity index (χ3v) is 4.89. The largest absolute Gasteiger partial charge is 0.324 e. The van der Waals surface area contributed by atoms with Gasteiger partial charge >= 0.3 is 0 Å². The molecule has 7 heteroatoms. The Morgan fingerprint density at radius 1 is 1.07 bits per heavy atom. The van der Waals surface area contributed by atoms with E-state index >= 15 is 0 Å². The number of rotatable bonds is 4. The summed E-state index contributed by atoms with van der Waals surface area (Å²) in [7, 11) is 0. The number of benzene rings is 3. The van der Waals surface area contributed by atoms with Crippen LogP contribution in [0.15, 0.2) is 77.8 Å². The summed E-state index contributed by atoms with van der Waals surface area (Å²) < 4.78 is 13.4. The maximum absolute atomic E-state index is 13.4. The van der Waals surface area contributed by atoms with Gasteiger partial charge in [-0.05, 0) is 48.0 Å². The van der Waals surface area contributed by atoms with E-state index < -0.39 is 11.7 Å². The maximum Gasteiger partial charge on any atom is 0.244 e. The Morgan fingerprint density at radius 2 is 1.83 bits per heavy atom. The van der Waals surface area contributed by atoms with Crippen molar-refractivity contribution in [1.29, 1.82) is 0 Å². The molecule has 3 aromatic carbocycles. The molecule has 0 unspecified atom stereocenters. The molecule has 0 atom stereocenters. The lowest BCUT2D eigenvalue weighted by molar-refractivity contribution is -0.120. The number of anilines is 2. The molecule has 4 rings (SSSR count). The second-order valence-corrected chi connectivity index (χ2v) is 7.21. The number of hydrogen-bond donors (Lipinski definition) is 1. The van der Waals surface area contributed by atoms with E-state index in [1.807, 2.05) is 18.2 Å². The van der Waals surface area contributed by atoms with Crippen LogP contribution in [0.3, 0.4) is 0 Å². The van der Waals surface area contributed by atoms with Gasteiger partial charge in [-0.25, -0.2) is 4.39 Å². The van der Waals surface area contributed by atoms with E-state index in [9.17, 15) is 14.0 Å². The monoisotopic (exact) mass is 421 g/mol. The molecule has 3 aromatic rings. The van der Waals surface area contributed by atoms with Crippen LogP contribution >= 0.6 is 11.6 Å². The van der Waals surface area contributed by atoms with Gasteiger partial charge in [0.15, 0.2) is 0 Å². The zero-order chi connectivity index (χ0) is 21.1. The average Bonchev–Trinajstić information content (AvgIpc) is 2.85. The molecule has 1 N–H and O–H groups in total. The van der Waals surface area contributed by atoms with Crippen LogP contribution in [-0.4, -0.2) is 24.1 Å². The van der Waals surface area contributed by atoms with Crippen LogP contribution < -0.4 is 10.2 Å². The predicted octanol–water partition coefficient (Wildman–Crippen LogP) is 4.98. The smallest absolute Gasteiger partial charge is 0.244 e. The highest BCUT2D eigenvalue weighted by Gasteiger charge is 2.26. The number of carbonyl (C=O) groups excluding carboxylic acids is 2. The van der Waals surface area contributed by atoms with Crippen LogP contribution in [0.2, 0.25) is 5.02 Å². The number of para-hydroxylation sites is 2. The Morgan fingerprint density at radius 3 is 2.60 bits per heavy atom. The number of carbonyl (C=O) groups is 2. The van der Waals surface area contributed by atoms with Crippen LogP contribution in [0.4, 0.5) is 21.5 Å². The maximum atomic E-state index is 13.4. The molecule has 0 radical (unpaired) electrons. The number of aliphatic imine (C=N–C) groups is 1. The lowest BCUT2D eigenvalue weighted by Crippen LogP contribution is -2.38. The van der Waals surface area contributed by atoms with Crippen molar-refractivity contribution < 1.29 is 14.0 Å². The number of nitrogens with zero attached hydrogens (tertiary/aromatic N) is 2. The average molecular weight is 422 g/mol. The van der Waals surface area contributed by atoms with E-state index in [2.05, 4.69) is 10.3 Å². The molecule has 0 bridgehead atoms. The zero-order valence-electron chi connectivity index (χ0n) is 15.8. The third-order valence-electron chi connectivity index (χ3n) is 4.64. The van der Waals surface area contributed by atoms with Crippen LogP contribution in [-0.2, 0) is 9.59 Å². The van der Waals surface area contributed by atoms with E-state index in [0.29, 0.717) is 27.8 Å². The second kappa shape index (κ2) is 8.47. The molecule has 5 nitrogen and oxygen atoms in total. The fourth-order valence-corrected chi connectivity index (χ4v) is 3.36. The minimum absolute atomic E-state index is 0.0313. The van der Waals surface area contributed by atoms with Crippen LogP contribution in [0.25, 0.3) is 0 Å². The lowest BCUT2D eigenvalue weighted by atomic mass is 10.1. The number of fused-ring (bicyclic) bond motifs is 1. The number of hydrogen-bond acceptors (Lipinski definition) is 3. The first kappa shape index (κ1) is 19.8. The Labute approximate surface area is 177 Å². The van der Waals surface area contributed by atoms with E-state index in [4.69, 9.17) is 11.6 Å². The predicted molar refractivity (Wildman–Crippen MR) is 116 cm³/mol. The molecule has 1 aliphatic heterocycles. The van der Waals surface area contributed by atoms with Crippen molar-refractivity contribution in [1.82, 2.24) is 0 Å².